The van der Waals surface area contributed by atoms with E-state index in [1.807, 2.05) is 73.7 Å². The van der Waals surface area contributed by atoms with Crippen molar-refractivity contribution < 1.29 is 4.98 Å². The molecule has 0 aliphatic carbocycles. The zero-order valence-electron chi connectivity index (χ0n) is 18.1. The summed E-state index contributed by atoms with van der Waals surface area (Å²) in [6.45, 7) is 1.86. The molecule has 3 heterocycles. The highest BCUT2D eigenvalue weighted by Gasteiger charge is 2.26. The Kier molecular flexibility index (Phi) is 4.71. The van der Waals surface area contributed by atoms with E-state index in [2.05, 4.69) is 10.1 Å². The van der Waals surface area contributed by atoms with E-state index in [1.165, 1.54) is 0 Å². The van der Waals surface area contributed by atoms with Gasteiger partial charge in [-0.1, -0.05) is 54.1 Å². The minimum absolute atomic E-state index is 0.188. The van der Waals surface area contributed by atoms with Crippen LogP contribution in [0.4, 0.5) is 0 Å². The number of para-hydroxylation sites is 3. The van der Waals surface area contributed by atoms with Gasteiger partial charge >= 0.3 is 5.56 Å². The lowest BCUT2D eigenvalue weighted by Gasteiger charge is -2.04. The zero-order valence-corrected chi connectivity index (χ0v) is 18.9. The van der Waals surface area contributed by atoms with Crippen molar-refractivity contribution in [3.8, 4) is 5.69 Å². The predicted octanol–water partition coefficient (Wildman–Crippen LogP) is 4.55. The van der Waals surface area contributed by atoms with Crippen molar-refractivity contribution in [3.63, 3.8) is 0 Å². The first-order chi connectivity index (χ1) is 16.6. The Morgan fingerprint density at radius 2 is 1.59 bits per heavy atom. The van der Waals surface area contributed by atoms with E-state index in [-0.39, 0.29) is 5.56 Å². The third-order valence-electron chi connectivity index (χ3n) is 5.70. The fourth-order valence-electron chi connectivity index (χ4n) is 4.11. The molecule has 3 aromatic carbocycles. The van der Waals surface area contributed by atoms with Crippen LogP contribution in [0.15, 0.2) is 88.8 Å². The number of nitrogens with zero attached hydrogens (tertiary/aromatic N) is 5. The maximum atomic E-state index is 13.8. The molecule has 0 amide bonds. The van der Waals surface area contributed by atoms with Gasteiger partial charge in [0, 0.05) is 11.9 Å². The van der Waals surface area contributed by atoms with Crippen LogP contribution in [0.5, 0.6) is 0 Å². The molecule has 0 atom stereocenters. The number of rotatable bonds is 3. The molecule has 3 aromatic heterocycles. The summed E-state index contributed by atoms with van der Waals surface area (Å²) in [5.74, 6) is 0.666. The number of benzene rings is 3. The van der Waals surface area contributed by atoms with Gasteiger partial charge in [0.15, 0.2) is 5.39 Å². The molecule has 7 nitrogen and oxygen atoms in total. The van der Waals surface area contributed by atoms with Crippen LogP contribution in [0.25, 0.3) is 38.9 Å². The fourth-order valence-corrected chi connectivity index (χ4v) is 4.24. The molecule has 8 heteroatoms. The molecular weight excluding hydrogens is 448 g/mol. The summed E-state index contributed by atoms with van der Waals surface area (Å²) in [7, 11) is 0. The summed E-state index contributed by atoms with van der Waals surface area (Å²) in [6.07, 6.45) is 1.71. The Morgan fingerprint density at radius 1 is 0.912 bits per heavy atom. The number of fused-ring (bicyclic) bond motifs is 4. The summed E-state index contributed by atoms with van der Waals surface area (Å²) in [5, 5.41) is 5.76. The van der Waals surface area contributed by atoms with Gasteiger partial charge in [0.2, 0.25) is 11.5 Å². The maximum absolute atomic E-state index is 13.8. The highest BCUT2D eigenvalue weighted by atomic mass is 35.5. The van der Waals surface area contributed by atoms with Crippen LogP contribution in [0.3, 0.4) is 0 Å². The van der Waals surface area contributed by atoms with Gasteiger partial charge in [-0.2, -0.15) is 4.57 Å². The van der Waals surface area contributed by atoms with Crippen LogP contribution in [-0.2, 0) is 0 Å². The second kappa shape index (κ2) is 7.90. The lowest BCUT2D eigenvalue weighted by atomic mass is 10.2. The summed E-state index contributed by atoms with van der Waals surface area (Å²) in [5.41, 5.74) is 4.40. The predicted molar refractivity (Wildman–Crippen MR) is 134 cm³/mol. The number of aromatic amines is 1. The highest BCUT2D eigenvalue weighted by molar-refractivity contribution is 6.30. The Hall–Kier alpha value is -4.36. The molecule has 0 aliphatic heterocycles. The monoisotopic (exact) mass is 465 g/mol. The highest BCUT2D eigenvalue weighted by Crippen LogP contribution is 2.24. The minimum Gasteiger partial charge on any atom is -0.249 e. The zero-order chi connectivity index (χ0) is 23.2. The van der Waals surface area contributed by atoms with E-state index in [0.29, 0.717) is 38.6 Å². The van der Waals surface area contributed by atoms with E-state index in [1.54, 1.807) is 27.6 Å². The summed E-state index contributed by atoms with van der Waals surface area (Å²) >= 11 is 6.01. The van der Waals surface area contributed by atoms with Crippen LogP contribution >= 0.6 is 11.6 Å². The van der Waals surface area contributed by atoms with Gasteiger partial charge in [-0.25, -0.2) is 19.7 Å². The van der Waals surface area contributed by atoms with Crippen LogP contribution in [-0.4, -0.2) is 25.4 Å². The molecule has 164 valence electrons. The standard InChI is InChI=1S/C26H17ClN6O/c1-16-29-24-22(26(34)32(16)19-7-3-2-4-8-19)23-25(31-21-10-6-5-9-20(21)30-23)33(24)28-15-17-11-13-18(27)14-12-17/h2-15H,1H3/p+1/b28-15+. The Bertz CT molecular complexity index is 1790. The third kappa shape index (κ3) is 3.25. The molecule has 6 aromatic rings. The van der Waals surface area contributed by atoms with E-state index >= 15 is 0 Å². The van der Waals surface area contributed by atoms with E-state index in [9.17, 15) is 4.79 Å². The third-order valence-corrected chi connectivity index (χ3v) is 5.95. The van der Waals surface area contributed by atoms with Crippen LogP contribution in [0.1, 0.15) is 11.4 Å². The molecule has 1 N–H and O–H groups in total. The first-order valence-corrected chi connectivity index (χ1v) is 11.1. The molecule has 0 saturated carbocycles. The lowest BCUT2D eigenvalue weighted by molar-refractivity contribution is -0.366. The molecule has 0 bridgehead atoms. The fraction of sp³-hybridized carbons (Fsp3) is 0.0385. The minimum atomic E-state index is -0.188. The van der Waals surface area contributed by atoms with Crippen molar-refractivity contribution in [1.82, 2.24) is 19.2 Å². The Balaban J connectivity index is 1.70. The number of hydrogen-bond acceptors (Lipinski definition) is 4. The maximum Gasteiger partial charge on any atom is 0.327 e. The van der Waals surface area contributed by atoms with Crippen LogP contribution < -0.4 is 10.5 Å². The molecule has 6 rings (SSSR count). The average molecular weight is 466 g/mol. The molecule has 0 spiro atoms. The number of aromatic nitrogens is 5. The van der Waals surface area contributed by atoms with Crippen molar-refractivity contribution in [3.05, 3.63) is 106 Å². The summed E-state index contributed by atoms with van der Waals surface area (Å²) < 4.78 is 3.29. The average Bonchev–Trinajstić information content (AvgIpc) is 3.15. The normalized spacial score (nSPS) is 11.8. The largest absolute Gasteiger partial charge is 0.327 e. The molecule has 0 radical (unpaired) electrons. The molecule has 0 fully saturated rings. The van der Waals surface area contributed by atoms with Crippen molar-refractivity contribution in [2.24, 2.45) is 5.10 Å². The van der Waals surface area contributed by atoms with E-state index in [0.717, 1.165) is 16.8 Å². The van der Waals surface area contributed by atoms with Crippen molar-refractivity contribution in [2.75, 3.05) is 0 Å². The Morgan fingerprint density at radius 3 is 2.32 bits per heavy atom. The van der Waals surface area contributed by atoms with Gasteiger partial charge in [-0.05, 0) is 42.0 Å². The van der Waals surface area contributed by atoms with Gasteiger partial charge in [0.05, 0.1) is 17.2 Å². The Labute approximate surface area is 198 Å². The van der Waals surface area contributed by atoms with Crippen molar-refractivity contribution in [2.45, 2.75) is 6.92 Å². The first kappa shape index (κ1) is 20.3. The summed E-state index contributed by atoms with van der Waals surface area (Å²) in [6, 6.07) is 24.5. The number of nitrogens with one attached hydrogen (secondary N) is 1. The van der Waals surface area contributed by atoms with E-state index < -0.39 is 0 Å². The quantitative estimate of drug-likeness (QED) is 0.360. The van der Waals surface area contributed by atoms with Crippen LogP contribution in [0.2, 0.25) is 5.02 Å². The van der Waals surface area contributed by atoms with Gasteiger partial charge in [-0.15, -0.1) is 9.78 Å². The van der Waals surface area contributed by atoms with Gasteiger partial charge < -0.3 is 0 Å². The van der Waals surface area contributed by atoms with E-state index in [4.69, 9.17) is 21.6 Å². The van der Waals surface area contributed by atoms with Crippen molar-refractivity contribution >= 4 is 51.0 Å². The van der Waals surface area contributed by atoms with Crippen LogP contribution in [0, 0.1) is 6.92 Å². The van der Waals surface area contributed by atoms with Gasteiger partial charge in [-0.3, -0.25) is 0 Å². The SMILES string of the molecule is Cc1[nH+]c2c(c(=O)n1-c1ccccc1)c1nc3ccccc3nc1n2/N=C/c1ccc(Cl)cc1. The smallest absolute Gasteiger partial charge is 0.249 e. The molecular formula is C26H18ClN6O+. The van der Waals surface area contributed by atoms with Gasteiger partial charge in [0.1, 0.15) is 11.2 Å². The topological polar surface area (TPSA) is 79.2 Å². The van der Waals surface area contributed by atoms with Crippen molar-refractivity contribution in [1.29, 1.82) is 0 Å². The number of halogens is 1. The van der Waals surface area contributed by atoms with Gasteiger partial charge in [0.25, 0.3) is 5.65 Å². The first-order valence-electron chi connectivity index (χ1n) is 10.7. The molecule has 0 saturated heterocycles. The lowest BCUT2D eigenvalue weighted by Crippen LogP contribution is -2.30. The number of hydrogen-bond donors (Lipinski definition) is 0. The number of aryl methyl sites for hydroxylation is 1. The summed E-state index contributed by atoms with van der Waals surface area (Å²) in [4.78, 5) is 26.8. The number of H-pyrrole nitrogens is 1. The molecule has 0 aliphatic rings. The molecule has 0 unspecified atom stereocenters. The molecule has 34 heavy (non-hydrogen) atoms. The second-order valence-electron chi connectivity index (χ2n) is 7.90. The second-order valence-corrected chi connectivity index (χ2v) is 8.34.